The molecular weight excluding hydrogens is 378 g/mol. The summed E-state index contributed by atoms with van der Waals surface area (Å²) in [7, 11) is 3.52. The molecule has 0 aromatic heterocycles. The first-order valence-electron chi connectivity index (χ1n) is 11.8. The summed E-state index contributed by atoms with van der Waals surface area (Å²) < 4.78 is 0. The van der Waals surface area contributed by atoms with Crippen LogP contribution in [0.3, 0.4) is 0 Å². The first-order valence-corrected chi connectivity index (χ1v) is 11.8. The number of amides is 1. The van der Waals surface area contributed by atoms with E-state index in [0.29, 0.717) is 18.8 Å². The SMILES string of the molecule is CCCC1CCC([C@H](O)/C=C/[C@H]2C(=O)C[C@H](O)[C@@H]2C/C=C\CCCC(=O)N(C)C)C1. The quantitative estimate of drug-likeness (QED) is 0.393. The van der Waals surface area contributed by atoms with E-state index in [2.05, 4.69) is 6.92 Å². The average molecular weight is 420 g/mol. The third-order valence-corrected chi connectivity index (χ3v) is 6.85. The van der Waals surface area contributed by atoms with Crippen molar-refractivity contribution < 1.29 is 19.8 Å². The highest BCUT2D eigenvalue weighted by atomic mass is 16.3. The zero-order valence-electron chi connectivity index (χ0n) is 19.0. The van der Waals surface area contributed by atoms with Crippen molar-refractivity contribution in [3.8, 4) is 0 Å². The molecule has 30 heavy (non-hydrogen) atoms. The number of carbonyl (C=O) groups excluding carboxylic acids is 2. The van der Waals surface area contributed by atoms with Gasteiger partial charge in [-0.15, -0.1) is 0 Å². The monoisotopic (exact) mass is 419 g/mol. The van der Waals surface area contributed by atoms with Gasteiger partial charge in [-0.2, -0.15) is 0 Å². The Morgan fingerprint density at radius 3 is 2.73 bits per heavy atom. The number of hydrogen-bond donors (Lipinski definition) is 2. The molecule has 0 aromatic rings. The van der Waals surface area contributed by atoms with Gasteiger partial charge in [0.2, 0.25) is 5.91 Å². The van der Waals surface area contributed by atoms with Crippen LogP contribution in [0.15, 0.2) is 24.3 Å². The summed E-state index contributed by atoms with van der Waals surface area (Å²) in [6.45, 7) is 2.21. The van der Waals surface area contributed by atoms with Gasteiger partial charge in [0, 0.05) is 38.8 Å². The Hall–Kier alpha value is -1.46. The minimum absolute atomic E-state index is 0.0659. The number of allylic oxidation sites excluding steroid dienone is 3. The summed E-state index contributed by atoms with van der Waals surface area (Å²) >= 11 is 0. The van der Waals surface area contributed by atoms with Crippen molar-refractivity contribution >= 4 is 11.7 Å². The maximum Gasteiger partial charge on any atom is 0.222 e. The average Bonchev–Trinajstić information content (AvgIpc) is 3.27. The van der Waals surface area contributed by atoms with E-state index in [9.17, 15) is 19.8 Å². The maximum atomic E-state index is 12.4. The molecule has 1 amide bonds. The standard InChI is InChI=1S/C25H41NO4/c1-4-9-18-12-13-19(16-18)22(27)15-14-21-20(23(28)17-24(21)29)10-7-5-6-8-11-25(30)26(2)3/h5,7,14-15,18-23,27-28H,4,6,8-13,16-17H2,1-3H3/b7-5-,15-14+/t18?,19?,20-,21-,22-,23+/m1/s1. The molecule has 0 aromatic carbocycles. The first kappa shape index (κ1) is 24.8. The number of nitrogens with zero attached hydrogens (tertiary/aromatic N) is 1. The number of hydrogen-bond acceptors (Lipinski definition) is 4. The van der Waals surface area contributed by atoms with Crippen molar-refractivity contribution in [2.45, 2.75) is 83.3 Å². The van der Waals surface area contributed by atoms with Crippen LogP contribution in [0, 0.1) is 23.7 Å². The summed E-state index contributed by atoms with van der Waals surface area (Å²) in [4.78, 5) is 25.6. The van der Waals surface area contributed by atoms with E-state index in [1.807, 2.05) is 24.3 Å². The number of aliphatic hydroxyl groups is 2. The lowest BCUT2D eigenvalue weighted by atomic mass is 9.89. The van der Waals surface area contributed by atoms with Crippen LogP contribution in [0.2, 0.25) is 0 Å². The van der Waals surface area contributed by atoms with E-state index < -0.39 is 12.2 Å². The summed E-state index contributed by atoms with van der Waals surface area (Å²) in [6, 6.07) is 0. The Labute approximate surface area is 182 Å². The van der Waals surface area contributed by atoms with Gasteiger partial charge < -0.3 is 15.1 Å². The predicted octanol–water partition coefficient (Wildman–Crippen LogP) is 3.89. The van der Waals surface area contributed by atoms with Gasteiger partial charge >= 0.3 is 0 Å². The molecule has 0 radical (unpaired) electrons. The number of ketones is 1. The summed E-state index contributed by atoms with van der Waals surface area (Å²) in [5.74, 6) is 0.772. The molecule has 2 aliphatic carbocycles. The predicted molar refractivity (Wildman–Crippen MR) is 120 cm³/mol. The van der Waals surface area contributed by atoms with E-state index in [4.69, 9.17) is 0 Å². The smallest absolute Gasteiger partial charge is 0.222 e. The second kappa shape index (κ2) is 12.4. The molecule has 6 atom stereocenters. The van der Waals surface area contributed by atoms with Crippen molar-refractivity contribution in [2.24, 2.45) is 23.7 Å². The Balaban J connectivity index is 1.82. The van der Waals surface area contributed by atoms with Crippen molar-refractivity contribution in [1.29, 1.82) is 0 Å². The van der Waals surface area contributed by atoms with Crippen LogP contribution >= 0.6 is 0 Å². The maximum absolute atomic E-state index is 12.4. The van der Waals surface area contributed by atoms with Gasteiger partial charge in [0.05, 0.1) is 12.2 Å². The van der Waals surface area contributed by atoms with Crippen LogP contribution in [-0.2, 0) is 9.59 Å². The molecule has 2 saturated carbocycles. The van der Waals surface area contributed by atoms with Gasteiger partial charge in [-0.25, -0.2) is 0 Å². The van der Waals surface area contributed by atoms with Gasteiger partial charge in [0.25, 0.3) is 0 Å². The highest BCUT2D eigenvalue weighted by molar-refractivity contribution is 5.86. The lowest BCUT2D eigenvalue weighted by molar-refractivity contribution is -0.128. The van der Waals surface area contributed by atoms with Crippen LogP contribution in [0.25, 0.3) is 0 Å². The fraction of sp³-hybridized carbons (Fsp3) is 0.760. The van der Waals surface area contributed by atoms with Crippen LogP contribution in [0.1, 0.15) is 71.1 Å². The minimum atomic E-state index is -0.621. The molecular formula is C25H41NO4. The molecule has 170 valence electrons. The molecule has 0 aliphatic heterocycles. The second-order valence-corrected chi connectivity index (χ2v) is 9.42. The highest BCUT2D eigenvalue weighted by Crippen LogP contribution is 2.37. The van der Waals surface area contributed by atoms with E-state index in [1.54, 1.807) is 19.0 Å². The minimum Gasteiger partial charge on any atom is -0.392 e. The van der Waals surface area contributed by atoms with E-state index >= 15 is 0 Å². The first-order chi connectivity index (χ1) is 14.3. The fourth-order valence-corrected chi connectivity index (χ4v) is 4.98. The summed E-state index contributed by atoms with van der Waals surface area (Å²) in [5, 5.41) is 20.9. The largest absolute Gasteiger partial charge is 0.392 e. The Kier molecular flexibility index (Phi) is 10.3. The zero-order valence-corrected chi connectivity index (χ0v) is 19.0. The highest BCUT2D eigenvalue weighted by Gasteiger charge is 2.39. The third-order valence-electron chi connectivity index (χ3n) is 6.85. The molecule has 2 unspecified atom stereocenters. The van der Waals surface area contributed by atoms with Crippen molar-refractivity contribution in [3.05, 3.63) is 24.3 Å². The molecule has 5 heteroatoms. The lowest BCUT2D eigenvalue weighted by Crippen LogP contribution is -2.21. The summed E-state index contributed by atoms with van der Waals surface area (Å²) in [5.41, 5.74) is 0. The Morgan fingerprint density at radius 2 is 2.03 bits per heavy atom. The Bertz CT molecular complexity index is 612. The molecule has 2 N–H and O–H groups in total. The number of carbonyl (C=O) groups is 2. The van der Waals surface area contributed by atoms with Crippen LogP contribution in [0.4, 0.5) is 0 Å². The van der Waals surface area contributed by atoms with E-state index in [-0.39, 0.29) is 29.9 Å². The molecule has 2 aliphatic rings. The van der Waals surface area contributed by atoms with Crippen molar-refractivity contribution in [1.82, 2.24) is 4.90 Å². The van der Waals surface area contributed by atoms with Gasteiger partial charge in [-0.1, -0.05) is 50.5 Å². The number of aliphatic hydroxyl groups excluding tert-OH is 2. The van der Waals surface area contributed by atoms with Gasteiger partial charge in [-0.3, -0.25) is 9.59 Å². The Morgan fingerprint density at radius 1 is 1.27 bits per heavy atom. The van der Waals surface area contributed by atoms with Crippen LogP contribution in [0.5, 0.6) is 0 Å². The molecule has 2 rings (SSSR count). The fourth-order valence-electron chi connectivity index (χ4n) is 4.98. The third kappa shape index (κ3) is 7.35. The molecule has 0 spiro atoms. The zero-order chi connectivity index (χ0) is 22.1. The topological polar surface area (TPSA) is 77.8 Å². The molecule has 2 fully saturated rings. The van der Waals surface area contributed by atoms with Crippen LogP contribution in [-0.4, -0.2) is 53.1 Å². The number of unbranched alkanes of at least 4 members (excludes halogenated alkanes) is 1. The van der Waals surface area contributed by atoms with Gasteiger partial charge in [-0.05, 0) is 43.9 Å². The summed E-state index contributed by atoms with van der Waals surface area (Å²) in [6.07, 6.45) is 15.3. The molecule has 0 bridgehead atoms. The van der Waals surface area contributed by atoms with E-state index in [1.165, 1.54) is 19.3 Å². The second-order valence-electron chi connectivity index (χ2n) is 9.42. The molecule has 5 nitrogen and oxygen atoms in total. The molecule has 0 heterocycles. The van der Waals surface area contributed by atoms with Gasteiger partial charge in [0.1, 0.15) is 5.78 Å². The van der Waals surface area contributed by atoms with Gasteiger partial charge in [0.15, 0.2) is 0 Å². The molecule has 0 saturated heterocycles. The normalized spacial score (nSPS) is 30.6. The van der Waals surface area contributed by atoms with Crippen LogP contribution < -0.4 is 0 Å². The van der Waals surface area contributed by atoms with Crippen molar-refractivity contribution in [3.63, 3.8) is 0 Å². The van der Waals surface area contributed by atoms with E-state index in [0.717, 1.165) is 31.6 Å². The lowest BCUT2D eigenvalue weighted by Gasteiger charge is -2.19. The van der Waals surface area contributed by atoms with Crippen molar-refractivity contribution in [2.75, 3.05) is 14.1 Å². The number of rotatable bonds is 11. The number of Topliss-reactive ketones (excluding diaryl/α,β-unsaturated/α-hetero) is 1.